The van der Waals surface area contributed by atoms with Gasteiger partial charge in [0.25, 0.3) is 5.56 Å². The molecule has 1 aromatic heterocycles. The number of esters is 1. The molecule has 0 bridgehead atoms. The zero-order valence-electron chi connectivity index (χ0n) is 23.6. The van der Waals surface area contributed by atoms with E-state index in [1.54, 1.807) is 17.6 Å². The maximum absolute atomic E-state index is 14.2. The Hall–Kier alpha value is -3.53. The molecule has 1 aliphatic heterocycles. The molecule has 0 saturated carbocycles. The van der Waals surface area contributed by atoms with Crippen molar-refractivity contribution in [1.29, 1.82) is 5.26 Å². The summed E-state index contributed by atoms with van der Waals surface area (Å²) in [7, 11) is 0. The molecule has 0 N–H and O–H groups in total. The molecule has 218 valence electrons. The lowest BCUT2D eigenvalue weighted by Gasteiger charge is -2.26. The van der Waals surface area contributed by atoms with E-state index in [2.05, 4.69) is 52.4 Å². The average Bonchev–Trinajstić information content (AvgIpc) is 3.30. The molecule has 3 aromatic carbocycles. The highest BCUT2D eigenvalue weighted by atomic mass is 127. The summed E-state index contributed by atoms with van der Waals surface area (Å²) in [6, 6.07) is 22.4. The number of carbonyl (C=O) groups excluding carboxylic acids is 1. The van der Waals surface area contributed by atoms with Gasteiger partial charge in [-0.2, -0.15) is 5.26 Å². The van der Waals surface area contributed by atoms with E-state index in [1.807, 2.05) is 72.8 Å². The largest absolute Gasteiger partial charge is 0.477 e. The Kier molecular flexibility index (Phi) is 9.64. The molecule has 0 amide bonds. The van der Waals surface area contributed by atoms with Gasteiger partial charge in [-0.25, -0.2) is 9.79 Å². The Balaban J connectivity index is 1.82. The summed E-state index contributed by atoms with van der Waals surface area (Å²) in [5.41, 5.74) is 3.80. The lowest BCUT2D eigenvalue weighted by molar-refractivity contribution is -0.138. The number of rotatable bonds is 8. The number of hydrogen-bond acceptors (Lipinski definition) is 7. The van der Waals surface area contributed by atoms with Gasteiger partial charge in [0.1, 0.15) is 11.8 Å². The number of carbonyl (C=O) groups is 1. The molecule has 7 nitrogen and oxygen atoms in total. The van der Waals surface area contributed by atoms with Crippen LogP contribution in [0.1, 0.15) is 55.0 Å². The number of nitriles is 1. The Bertz CT molecular complexity index is 1940. The zero-order chi connectivity index (χ0) is 30.7. The van der Waals surface area contributed by atoms with Gasteiger partial charge in [0, 0.05) is 15.6 Å². The van der Waals surface area contributed by atoms with Crippen molar-refractivity contribution in [3.05, 3.63) is 122 Å². The summed E-state index contributed by atoms with van der Waals surface area (Å²) in [6.07, 6.45) is 1.75. The molecule has 1 atom stereocenters. The number of fused-ring (bicyclic) bond motifs is 1. The molecule has 5 rings (SSSR count). The van der Waals surface area contributed by atoms with Crippen molar-refractivity contribution in [1.82, 2.24) is 4.57 Å². The van der Waals surface area contributed by atoms with Gasteiger partial charge in [0.2, 0.25) is 0 Å². The molecular formula is C33H27BrIN3O4S. The van der Waals surface area contributed by atoms with Crippen LogP contribution in [0.25, 0.3) is 11.8 Å². The van der Waals surface area contributed by atoms with E-state index in [-0.39, 0.29) is 18.8 Å². The summed E-state index contributed by atoms with van der Waals surface area (Å²) in [4.78, 5) is 33.3. The zero-order valence-corrected chi connectivity index (χ0v) is 28.2. The molecule has 0 radical (unpaired) electrons. The quantitative estimate of drug-likeness (QED) is 0.155. The van der Waals surface area contributed by atoms with E-state index in [0.29, 0.717) is 37.8 Å². The summed E-state index contributed by atoms with van der Waals surface area (Å²) >= 11 is 6.91. The first kappa shape index (κ1) is 30.9. The number of aromatic nitrogens is 1. The van der Waals surface area contributed by atoms with Gasteiger partial charge in [-0.3, -0.25) is 9.36 Å². The number of hydrogen-bond donors (Lipinski definition) is 0. The smallest absolute Gasteiger partial charge is 0.338 e. The highest BCUT2D eigenvalue weighted by molar-refractivity contribution is 14.1. The molecule has 43 heavy (non-hydrogen) atoms. The fraction of sp³-hybridized carbons (Fsp3) is 0.212. The topological polar surface area (TPSA) is 93.7 Å². The van der Waals surface area contributed by atoms with E-state index < -0.39 is 12.0 Å². The molecule has 10 heteroatoms. The monoisotopic (exact) mass is 767 g/mol. The van der Waals surface area contributed by atoms with Crippen molar-refractivity contribution in [3.8, 4) is 11.8 Å². The van der Waals surface area contributed by atoms with Crippen molar-refractivity contribution >= 4 is 67.6 Å². The first-order valence-corrected chi connectivity index (χ1v) is 16.3. The second-order valence-corrected chi connectivity index (χ2v) is 13.1. The summed E-state index contributed by atoms with van der Waals surface area (Å²) < 4.78 is 14.9. The lowest BCUT2D eigenvalue weighted by atomic mass is 9.91. The van der Waals surface area contributed by atoms with E-state index in [0.717, 1.165) is 24.7 Å². The van der Waals surface area contributed by atoms with Crippen LogP contribution in [0.2, 0.25) is 0 Å². The number of thiazole rings is 1. The van der Waals surface area contributed by atoms with Crippen LogP contribution in [0.15, 0.2) is 86.6 Å². The Morgan fingerprint density at radius 1 is 1.19 bits per heavy atom. The van der Waals surface area contributed by atoms with E-state index >= 15 is 0 Å². The van der Waals surface area contributed by atoms with E-state index in [1.165, 1.54) is 11.3 Å². The molecule has 0 unspecified atom stereocenters. The minimum atomic E-state index is -0.758. The predicted octanol–water partition coefficient (Wildman–Crippen LogP) is 6.33. The van der Waals surface area contributed by atoms with Crippen LogP contribution in [0.3, 0.4) is 0 Å². The maximum Gasteiger partial charge on any atom is 0.338 e. The molecule has 0 aliphatic carbocycles. The van der Waals surface area contributed by atoms with Crippen molar-refractivity contribution in [2.45, 2.75) is 32.7 Å². The van der Waals surface area contributed by atoms with Crippen LogP contribution in [-0.2, 0) is 9.53 Å². The molecule has 0 fully saturated rings. The average molecular weight is 768 g/mol. The van der Waals surface area contributed by atoms with Crippen LogP contribution in [0.5, 0.6) is 5.75 Å². The van der Waals surface area contributed by atoms with Gasteiger partial charge < -0.3 is 9.47 Å². The fourth-order valence-electron chi connectivity index (χ4n) is 4.90. The number of ether oxygens (including phenoxy) is 2. The van der Waals surface area contributed by atoms with Crippen molar-refractivity contribution in [3.63, 3.8) is 0 Å². The van der Waals surface area contributed by atoms with Crippen molar-refractivity contribution < 1.29 is 14.3 Å². The van der Waals surface area contributed by atoms with Gasteiger partial charge in [-0.15, -0.1) is 0 Å². The SMILES string of the molecule is CCOC(=O)C1=C(c2ccccc2)N=c2s/c(=C\c3cc(Br)cc(I)c3OCC#N)c(=O)n2[C@@H]1c1ccc(C(C)C)cc1. The Morgan fingerprint density at radius 2 is 1.91 bits per heavy atom. The summed E-state index contributed by atoms with van der Waals surface area (Å²) in [5.74, 6) is 0.307. The lowest BCUT2D eigenvalue weighted by Crippen LogP contribution is -2.40. The van der Waals surface area contributed by atoms with Crippen molar-refractivity contribution in [2.75, 3.05) is 13.2 Å². The van der Waals surface area contributed by atoms with Crippen LogP contribution >= 0.6 is 49.9 Å². The highest BCUT2D eigenvalue weighted by Gasteiger charge is 2.35. The molecule has 0 saturated heterocycles. The molecule has 4 aromatic rings. The van der Waals surface area contributed by atoms with Crippen molar-refractivity contribution in [2.24, 2.45) is 4.99 Å². The first-order valence-electron chi connectivity index (χ1n) is 13.6. The van der Waals surface area contributed by atoms with E-state index in [4.69, 9.17) is 19.7 Å². The normalized spacial score (nSPS) is 14.7. The minimum absolute atomic E-state index is 0.130. The fourth-order valence-corrected chi connectivity index (χ4v) is 7.60. The molecular weight excluding hydrogens is 741 g/mol. The highest BCUT2D eigenvalue weighted by Crippen LogP contribution is 2.36. The Morgan fingerprint density at radius 3 is 2.56 bits per heavy atom. The van der Waals surface area contributed by atoms with Crippen LogP contribution in [0, 0.1) is 14.9 Å². The standard InChI is InChI=1S/C33H27BrIN3O4S/c1-4-41-32(40)27-28(21-8-6-5-7-9-21)37-33-38(29(27)22-12-10-20(11-13-22)19(2)3)31(39)26(43-33)17-23-16-24(34)18-25(35)30(23)42-15-14-36/h5-13,16-19,29H,4,15H2,1-3H3/b26-17-/t29-/m1/s1. The van der Waals surface area contributed by atoms with Gasteiger partial charge in [0.05, 0.1) is 32.0 Å². The van der Waals surface area contributed by atoms with Gasteiger partial charge in [0.15, 0.2) is 11.4 Å². The van der Waals surface area contributed by atoms with Crippen LogP contribution in [0.4, 0.5) is 0 Å². The third-order valence-corrected chi connectivity index (χ3v) is 9.14. The second kappa shape index (κ2) is 13.4. The van der Waals surface area contributed by atoms with Gasteiger partial charge in [-0.05, 0) is 64.8 Å². The second-order valence-electron chi connectivity index (χ2n) is 10.0. The summed E-state index contributed by atoms with van der Waals surface area (Å²) in [5, 5.41) is 9.12. The van der Waals surface area contributed by atoms with Crippen LogP contribution in [-0.4, -0.2) is 23.8 Å². The Labute approximate surface area is 275 Å². The van der Waals surface area contributed by atoms with Crippen LogP contribution < -0.4 is 19.6 Å². The van der Waals surface area contributed by atoms with E-state index in [9.17, 15) is 9.59 Å². The molecule has 2 heterocycles. The number of benzene rings is 3. The number of nitrogens with zero attached hydrogens (tertiary/aromatic N) is 3. The number of halogens is 2. The maximum atomic E-state index is 14.2. The first-order chi connectivity index (χ1) is 20.7. The third-order valence-electron chi connectivity index (χ3n) is 6.90. The molecule has 0 spiro atoms. The minimum Gasteiger partial charge on any atom is -0.477 e. The summed E-state index contributed by atoms with van der Waals surface area (Å²) in [6.45, 7) is 6.05. The van der Waals surface area contributed by atoms with Gasteiger partial charge >= 0.3 is 5.97 Å². The predicted molar refractivity (Wildman–Crippen MR) is 180 cm³/mol. The molecule has 1 aliphatic rings. The third kappa shape index (κ3) is 6.39. The van der Waals surface area contributed by atoms with Gasteiger partial charge in [-0.1, -0.05) is 95.7 Å².